The first kappa shape index (κ1) is 15.0. The van der Waals surface area contributed by atoms with E-state index in [9.17, 15) is 9.18 Å². The van der Waals surface area contributed by atoms with E-state index < -0.39 is 0 Å². The van der Waals surface area contributed by atoms with E-state index in [1.54, 1.807) is 6.07 Å². The van der Waals surface area contributed by atoms with Gasteiger partial charge >= 0.3 is 5.97 Å². The molecule has 4 rings (SSSR count). The Morgan fingerprint density at radius 1 is 1.25 bits per heavy atom. The van der Waals surface area contributed by atoms with Crippen LogP contribution in [0.1, 0.15) is 24.4 Å². The number of benzene rings is 2. The molecule has 124 valence electrons. The van der Waals surface area contributed by atoms with Crippen molar-refractivity contribution in [2.75, 3.05) is 18.6 Å². The third kappa shape index (κ3) is 2.31. The van der Waals surface area contributed by atoms with Crippen LogP contribution in [-0.4, -0.2) is 19.6 Å². The maximum Gasteiger partial charge on any atom is 0.311 e. The molecular formula is C19H18FNO3. The van der Waals surface area contributed by atoms with Gasteiger partial charge in [0.05, 0.1) is 24.8 Å². The van der Waals surface area contributed by atoms with Gasteiger partial charge < -0.3 is 14.4 Å². The summed E-state index contributed by atoms with van der Waals surface area (Å²) >= 11 is 0. The number of anilines is 1. The second kappa shape index (κ2) is 5.82. The molecule has 1 saturated heterocycles. The summed E-state index contributed by atoms with van der Waals surface area (Å²) in [5.74, 6) is 0.454. The number of methoxy groups -OCH3 is 1. The van der Waals surface area contributed by atoms with Crippen molar-refractivity contribution >= 4 is 11.7 Å². The molecule has 0 saturated carbocycles. The van der Waals surface area contributed by atoms with Gasteiger partial charge in [0.25, 0.3) is 0 Å². The Kier molecular flexibility index (Phi) is 3.63. The molecule has 0 amide bonds. The third-order valence-electron chi connectivity index (χ3n) is 4.82. The number of hydrogen-bond donors (Lipinski definition) is 0. The fraction of sp³-hybridized carbons (Fsp3) is 0.316. The number of fused-ring (bicyclic) bond motifs is 5. The molecule has 0 N–H and O–H groups in total. The molecular weight excluding hydrogens is 309 g/mol. The molecule has 0 aliphatic carbocycles. The average molecular weight is 327 g/mol. The summed E-state index contributed by atoms with van der Waals surface area (Å²) in [7, 11) is 1.41. The minimum atomic E-state index is -0.317. The van der Waals surface area contributed by atoms with E-state index in [1.165, 1.54) is 19.2 Å². The molecule has 0 aromatic heterocycles. The summed E-state index contributed by atoms with van der Waals surface area (Å²) < 4.78 is 24.9. The molecule has 2 atom stereocenters. The molecule has 2 aromatic carbocycles. The van der Waals surface area contributed by atoms with E-state index in [4.69, 9.17) is 9.47 Å². The normalized spacial score (nSPS) is 21.7. The Hall–Kier alpha value is -2.56. The average Bonchev–Trinajstić information content (AvgIpc) is 2.75. The summed E-state index contributed by atoms with van der Waals surface area (Å²) in [6.07, 6.45) is 1.58. The van der Waals surface area contributed by atoms with Crippen molar-refractivity contribution in [3.63, 3.8) is 0 Å². The molecule has 2 aliphatic heterocycles. The van der Waals surface area contributed by atoms with Gasteiger partial charge in [-0.05, 0) is 31.0 Å². The Bertz CT molecular complexity index is 792. The van der Waals surface area contributed by atoms with Gasteiger partial charge in [-0.2, -0.15) is 0 Å². The predicted molar refractivity (Wildman–Crippen MR) is 87.7 cm³/mol. The lowest BCUT2D eigenvalue weighted by Crippen LogP contribution is -2.42. The minimum Gasteiger partial charge on any atom is -0.469 e. The number of hydrogen-bond acceptors (Lipinski definition) is 4. The van der Waals surface area contributed by atoms with Crippen molar-refractivity contribution < 1.29 is 18.7 Å². The van der Waals surface area contributed by atoms with Crippen LogP contribution >= 0.6 is 0 Å². The highest BCUT2D eigenvalue weighted by Gasteiger charge is 2.41. The lowest BCUT2D eigenvalue weighted by atomic mass is 9.84. The van der Waals surface area contributed by atoms with Crippen molar-refractivity contribution in [3.8, 4) is 11.5 Å². The molecule has 2 heterocycles. The van der Waals surface area contributed by atoms with Crippen molar-refractivity contribution in [1.29, 1.82) is 0 Å². The molecule has 0 radical (unpaired) electrons. The zero-order valence-corrected chi connectivity index (χ0v) is 13.4. The van der Waals surface area contributed by atoms with Crippen LogP contribution < -0.4 is 9.64 Å². The van der Waals surface area contributed by atoms with E-state index in [1.807, 2.05) is 24.3 Å². The highest BCUT2D eigenvalue weighted by molar-refractivity contribution is 5.76. The van der Waals surface area contributed by atoms with Crippen molar-refractivity contribution in [2.24, 2.45) is 5.92 Å². The molecule has 2 aliphatic rings. The van der Waals surface area contributed by atoms with Crippen LogP contribution in [0.2, 0.25) is 0 Å². The van der Waals surface area contributed by atoms with Crippen LogP contribution in [0.25, 0.3) is 0 Å². The van der Waals surface area contributed by atoms with Crippen molar-refractivity contribution in [1.82, 2.24) is 0 Å². The number of halogens is 1. The molecule has 0 bridgehead atoms. The minimum absolute atomic E-state index is 0.217. The van der Waals surface area contributed by atoms with E-state index in [0.717, 1.165) is 24.9 Å². The van der Waals surface area contributed by atoms with Gasteiger partial charge in [0, 0.05) is 18.2 Å². The number of nitrogens with zero attached hydrogens (tertiary/aromatic N) is 1. The van der Waals surface area contributed by atoms with Crippen LogP contribution in [0.5, 0.6) is 11.5 Å². The van der Waals surface area contributed by atoms with Crippen LogP contribution in [0.15, 0.2) is 42.5 Å². The Balaban J connectivity index is 1.92. The third-order valence-corrected chi connectivity index (χ3v) is 4.82. The first-order valence-electron chi connectivity index (χ1n) is 8.10. The number of ether oxygens (including phenoxy) is 2. The summed E-state index contributed by atoms with van der Waals surface area (Å²) in [5, 5.41) is 0. The van der Waals surface area contributed by atoms with E-state index in [2.05, 4.69) is 4.90 Å². The number of para-hydroxylation sites is 1. The van der Waals surface area contributed by atoms with Crippen molar-refractivity contribution in [3.05, 3.63) is 53.8 Å². The maximum atomic E-state index is 13.9. The van der Waals surface area contributed by atoms with E-state index >= 15 is 0 Å². The van der Waals surface area contributed by atoms with Gasteiger partial charge in [0.1, 0.15) is 11.6 Å². The van der Waals surface area contributed by atoms with Gasteiger partial charge in [-0.15, -0.1) is 0 Å². The topological polar surface area (TPSA) is 38.8 Å². The summed E-state index contributed by atoms with van der Waals surface area (Å²) in [6, 6.07) is 12.0. The summed E-state index contributed by atoms with van der Waals surface area (Å²) in [6.45, 7) is 0.742. The highest BCUT2D eigenvalue weighted by Crippen LogP contribution is 2.49. The Labute approximate surface area is 139 Å². The molecule has 4 nitrogen and oxygen atoms in total. The van der Waals surface area contributed by atoms with Gasteiger partial charge in [-0.1, -0.05) is 18.2 Å². The standard InChI is InChI=1S/C19H18FNO3/c1-23-19(22)14-6-4-10-21-15-11-12(20)8-9-17(15)24-16-7-3-2-5-13(16)18(14)21/h2-3,5,7-9,11,14,18H,4,6,10H2,1H3/t14-,18-/m0/s1. The predicted octanol–water partition coefficient (Wildman–Crippen LogP) is 4.06. The molecule has 0 spiro atoms. The molecule has 0 unspecified atom stereocenters. The van der Waals surface area contributed by atoms with Gasteiger partial charge in [-0.3, -0.25) is 4.79 Å². The lowest BCUT2D eigenvalue weighted by molar-refractivity contribution is -0.147. The van der Waals surface area contributed by atoms with Crippen LogP contribution in [0.4, 0.5) is 10.1 Å². The van der Waals surface area contributed by atoms with Gasteiger partial charge in [0.2, 0.25) is 0 Å². The fourth-order valence-electron chi connectivity index (χ4n) is 3.79. The lowest BCUT2D eigenvalue weighted by Gasteiger charge is -2.40. The SMILES string of the molecule is COC(=O)[C@H]1CCCN2c3cc(F)ccc3Oc3ccccc3[C@@H]12. The van der Waals surface area contributed by atoms with Crippen molar-refractivity contribution in [2.45, 2.75) is 18.9 Å². The fourth-order valence-corrected chi connectivity index (χ4v) is 3.79. The zero-order chi connectivity index (χ0) is 16.7. The van der Waals surface area contributed by atoms with E-state index in [0.29, 0.717) is 17.2 Å². The van der Waals surface area contributed by atoms with Gasteiger partial charge in [0.15, 0.2) is 5.75 Å². The summed E-state index contributed by atoms with van der Waals surface area (Å²) in [4.78, 5) is 14.4. The molecule has 5 heteroatoms. The molecule has 2 aromatic rings. The molecule has 1 fully saturated rings. The number of esters is 1. The Morgan fingerprint density at radius 3 is 2.92 bits per heavy atom. The number of carbonyl (C=O) groups is 1. The number of rotatable bonds is 1. The monoisotopic (exact) mass is 327 g/mol. The summed E-state index contributed by atoms with van der Waals surface area (Å²) in [5.41, 5.74) is 1.62. The maximum absolute atomic E-state index is 13.9. The van der Waals surface area contributed by atoms with Crippen LogP contribution in [0.3, 0.4) is 0 Å². The molecule has 24 heavy (non-hydrogen) atoms. The highest BCUT2D eigenvalue weighted by atomic mass is 19.1. The van der Waals surface area contributed by atoms with Crippen LogP contribution in [0, 0.1) is 11.7 Å². The second-order valence-corrected chi connectivity index (χ2v) is 6.16. The number of carbonyl (C=O) groups excluding carboxylic acids is 1. The smallest absolute Gasteiger partial charge is 0.311 e. The zero-order valence-electron chi connectivity index (χ0n) is 13.4. The second-order valence-electron chi connectivity index (χ2n) is 6.16. The van der Waals surface area contributed by atoms with Crippen LogP contribution in [-0.2, 0) is 9.53 Å². The first-order chi connectivity index (χ1) is 11.7. The largest absolute Gasteiger partial charge is 0.469 e. The quantitative estimate of drug-likeness (QED) is 0.740. The van der Waals surface area contributed by atoms with Gasteiger partial charge in [-0.25, -0.2) is 4.39 Å². The first-order valence-corrected chi connectivity index (χ1v) is 8.10. The Morgan fingerprint density at radius 2 is 2.08 bits per heavy atom. The number of piperidine rings is 1. The van der Waals surface area contributed by atoms with E-state index in [-0.39, 0.29) is 23.7 Å².